The maximum absolute atomic E-state index is 11.6. The smallest absolute Gasteiger partial charge is 0.247 e. The van der Waals surface area contributed by atoms with E-state index in [0.717, 1.165) is 42.0 Å². The molecular weight excluding hydrogens is 456 g/mol. The van der Waals surface area contributed by atoms with E-state index in [1.54, 1.807) is 26.3 Å². The molecule has 36 heavy (non-hydrogen) atoms. The molecule has 0 radical (unpaired) electrons. The second-order valence-corrected chi connectivity index (χ2v) is 8.78. The van der Waals surface area contributed by atoms with Crippen molar-refractivity contribution in [2.75, 3.05) is 36.1 Å². The van der Waals surface area contributed by atoms with Crippen molar-refractivity contribution < 1.29 is 14.3 Å². The van der Waals surface area contributed by atoms with Gasteiger partial charge in [-0.1, -0.05) is 18.7 Å². The Balaban J connectivity index is 1.46. The van der Waals surface area contributed by atoms with E-state index in [1.807, 2.05) is 42.2 Å². The molecule has 3 aromatic rings. The van der Waals surface area contributed by atoms with Crippen molar-refractivity contribution in [3.63, 3.8) is 0 Å². The molecule has 0 aliphatic carbocycles. The maximum Gasteiger partial charge on any atom is 0.247 e. The fourth-order valence-electron chi connectivity index (χ4n) is 4.01. The minimum Gasteiger partial charge on any atom is -0.495 e. The van der Waals surface area contributed by atoms with Gasteiger partial charge < -0.3 is 25.6 Å². The van der Waals surface area contributed by atoms with Crippen LogP contribution in [0.5, 0.6) is 5.75 Å². The fraction of sp³-hybridized carbons (Fsp3) is 0.259. The Morgan fingerprint density at radius 2 is 1.94 bits per heavy atom. The van der Waals surface area contributed by atoms with Gasteiger partial charge in [0.05, 0.1) is 12.8 Å². The second kappa shape index (κ2) is 10.9. The van der Waals surface area contributed by atoms with Gasteiger partial charge >= 0.3 is 0 Å². The number of hydrogen-bond donors (Lipinski definition) is 3. The summed E-state index contributed by atoms with van der Waals surface area (Å²) in [4.78, 5) is 33.9. The predicted molar refractivity (Wildman–Crippen MR) is 141 cm³/mol. The van der Waals surface area contributed by atoms with E-state index < -0.39 is 0 Å². The zero-order valence-electron chi connectivity index (χ0n) is 20.7. The summed E-state index contributed by atoms with van der Waals surface area (Å²) in [6.07, 6.45) is 3.85. The summed E-state index contributed by atoms with van der Waals surface area (Å²) in [6, 6.07) is 13.4. The van der Waals surface area contributed by atoms with Crippen LogP contribution in [0.1, 0.15) is 18.1 Å². The number of aryl methyl sites for hydroxylation is 1. The van der Waals surface area contributed by atoms with Gasteiger partial charge in [-0.25, -0.2) is 4.98 Å². The third-order valence-electron chi connectivity index (χ3n) is 5.99. The largest absolute Gasteiger partial charge is 0.495 e. The zero-order valence-corrected chi connectivity index (χ0v) is 20.7. The van der Waals surface area contributed by atoms with Gasteiger partial charge in [0.1, 0.15) is 11.6 Å². The molecule has 9 heteroatoms. The molecule has 3 N–H and O–H groups in total. The molecule has 1 saturated heterocycles. The van der Waals surface area contributed by atoms with Crippen LogP contribution in [0.2, 0.25) is 0 Å². The minimum absolute atomic E-state index is 0.127. The van der Waals surface area contributed by atoms with E-state index in [9.17, 15) is 9.59 Å². The first kappa shape index (κ1) is 24.7. The number of rotatable bonds is 9. The predicted octanol–water partition coefficient (Wildman–Crippen LogP) is 4.43. The number of benzene rings is 2. The van der Waals surface area contributed by atoms with E-state index in [4.69, 9.17) is 4.74 Å². The molecule has 1 fully saturated rings. The van der Waals surface area contributed by atoms with Crippen LogP contribution in [0.15, 0.2) is 61.3 Å². The van der Waals surface area contributed by atoms with Gasteiger partial charge in [0, 0.05) is 43.1 Å². The van der Waals surface area contributed by atoms with Gasteiger partial charge in [-0.05, 0) is 61.2 Å². The van der Waals surface area contributed by atoms with E-state index in [0.29, 0.717) is 29.1 Å². The summed E-state index contributed by atoms with van der Waals surface area (Å²) in [5.41, 5.74) is 4.19. The molecule has 0 saturated carbocycles. The Morgan fingerprint density at radius 1 is 1.17 bits per heavy atom. The highest BCUT2D eigenvalue weighted by molar-refractivity contribution is 5.99. The number of nitrogens with zero attached hydrogens (tertiary/aromatic N) is 3. The first-order chi connectivity index (χ1) is 17.3. The lowest BCUT2D eigenvalue weighted by Gasteiger charge is -2.38. The lowest BCUT2D eigenvalue weighted by atomic mass is 9.92. The van der Waals surface area contributed by atoms with Crippen molar-refractivity contribution in [1.29, 1.82) is 0 Å². The fourth-order valence-corrected chi connectivity index (χ4v) is 4.01. The van der Waals surface area contributed by atoms with Crippen LogP contribution in [0.3, 0.4) is 0 Å². The molecule has 0 bridgehead atoms. The highest BCUT2D eigenvalue weighted by Crippen LogP contribution is 2.31. The van der Waals surface area contributed by atoms with E-state index in [-0.39, 0.29) is 11.8 Å². The number of ether oxygens (including phenoxy) is 1. The van der Waals surface area contributed by atoms with Crippen LogP contribution in [-0.4, -0.2) is 46.9 Å². The van der Waals surface area contributed by atoms with Crippen molar-refractivity contribution in [1.82, 2.24) is 14.9 Å². The SMILES string of the molecule is C=CC(=O)Nc1cccc(Nc2nc(Nc3ccc(CC4CN(C(C)=O)C4)cc3OC)ncc2C)c1. The van der Waals surface area contributed by atoms with Crippen LogP contribution in [-0.2, 0) is 16.0 Å². The third kappa shape index (κ3) is 5.99. The normalized spacial score (nSPS) is 12.9. The number of carbonyl (C=O) groups excluding carboxylic acids is 2. The monoisotopic (exact) mass is 486 g/mol. The molecular formula is C27H30N6O3. The van der Waals surface area contributed by atoms with Crippen LogP contribution in [0, 0.1) is 12.8 Å². The number of amides is 2. The van der Waals surface area contributed by atoms with Crippen LogP contribution in [0.25, 0.3) is 0 Å². The number of likely N-dealkylation sites (tertiary alicyclic amines) is 1. The molecule has 0 atom stereocenters. The van der Waals surface area contributed by atoms with Crippen molar-refractivity contribution >= 4 is 40.6 Å². The lowest BCUT2D eigenvalue weighted by molar-refractivity contribution is -0.135. The molecule has 4 rings (SSSR count). The zero-order chi connectivity index (χ0) is 25.7. The van der Waals surface area contributed by atoms with Gasteiger partial charge in [-0.3, -0.25) is 9.59 Å². The highest BCUT2D eigenvalue weighted by Gasteiger charge is 2.28. The highest BCUT2D eigenvalue weighted by atomic mass is 16.5. The minimum atomic E-state index is -0.275. The Kier molecular flexibility index (Phi) is 7.48. The lowest BCUT2D eigenvalue weighted by Crippen LogP contribution is -2.49. The van der Waals surface area contributed by atoms with Crippen LogP contribution in [0.4, 0.5) is 28.8 Å². The first-order valence-electron chi connectivity index (χ1n) is 11.7. The number of aromatic nitrogens is 2. The summed E-state index contributed by atoms with van der Waals surface area (Å²) in [6.45, 7) is 8.59. The molecule has 9 nitrogen and oxygen atoms in total. The molecule has 0 unspecified atom stereocenters. The summed E-state index contributed by atoms with van der Waals surface area (Å²) in [7, 11) is 1.63. The summed E-state index contributed by atoms with van der Waals surface area (Å²) >= 11 is 0. The quantitative estimate of drug-likeness (QED) is 0.384. The van der Waals surface area contributed by atoms with Crippen molar-refractivity contribution in [2.24, 2.45) is 5.92 Å². The van der Waals surface area contributed by atoms with E-state index in [1.165, 1.54) is 6.08 Å². The maximum atomic E-state index is 11.6. The Labute approximate surface area is 210 Å². The van der Waals surface area contributed by atoms with Gasteiger partial charge in [0.15, 0.2) is 0 Å². The van der Waals surface area contributed by atoms with E-state index in [2.05, 4.69) is 38.6 Å². The number of methoxy groups -OCH3 is 1. The molecule has 2 heterocycles. The Bertz CT molecular complexity index is 1290. The van der Waals surface area contributed by atoms with Crippen molar-refractivity contribution in [3.8, 4) is 5.75 Å². The molecule has 186 valence electrons. The van der Waals surface area contributed by atoms with Gasteiger partial charge in [-0.2, -0.15) is 4.98 Å². The summed E-state index contributed by atoms with van der Waals surface area (Å²) in [5.74, 6) is 2.07. The third-order valence-corrected chi connectivity index (χ3v) is 5.99. The Morgan fingerprint density at radius 3 is 2.67 bits per heavy atom. The number of carbonyl (C=O) groups is 2. The van der Waals surface area contributed by atoms with Gasteiger partial charge in [0.25, 0.3) is 0 Å². The number of hydrogen-bond acceptors (Lipinski definition) is 7. The van der Waals surface area contributed by atoms with Crippen LogP contribution >= 0.6 is 0 Å². The standard InChI is InChI=1S/C27H30N6O3/c1-5-25(35)29-21-7-6-8-22(13-21)30-26-17(2)14-28-27(32-26)31-23-10-9-19(12-24(23)36-4)11-20-15-33(16-20)18(3)34/h5-10,12-14,20H,1,11,15-16H2,2-4H3,(H,29,35)(H2,28,30,31,32). The van der Waals surface area contributed by atoms with Gasteiger partial charge in [-0.15, -0.1) is 0 Å². The average molecular weight is 487 g/mol. The van der Waals surface area contributed by atoms with Gasteiger partial charge in [0.2, 0.25) is 17.8 Å². The summed E-state index contributed by atoms with van der Waals surface area (Å²) in [5, 5.41) is 9.28. The molecule has 2 aromatic carbocycles. The molecule has 1 aromatic heterocycles. The van der Waals surface area contributed by atoms with E-state index >= 15 is 0 Å². The molecule has 1 aliphatic heterocycles. The first-order valence-corrected chi connectivity index (χ1v) is 11.7. The summed E-state index contributed by atoms with van der Waals surface area (Å²) < 4.78 is 5.61. The van der Waals surface area contributed by atoms with Crippen molar-refractivity contribution in [2.45, 2.75) is 20.3 Å². The average Bonchev–Trinajstić information content (AvgIpc) is 2.83. The topological polar surface area (TPSA) is 108 Å². The Hall–Kier alpha value is -4.40. The molecule has 1 aliphatic rings. The van der Waals surface area contributed by atoms with Crippen molar-refractivity contribution in [3.05, 3.63) is 72.4 Å². The number of anilines is 5. The van der Waals surface area contributed by atoms with Crippen LogP contribution < -0.4 is 20.7 Å². The number of nitrogens with one attached hydrogen (secondary N) is 3. The molecule has 2 amide bonds. The molecule has 0 spiro atoms. The second-order valence-electron chi connectivity index (χ2n) is 8.78.